The van der Waals surface area contributed by atoms with Crippen LogP contribution in [0.15, 0.2) is 39.6 Å². The maximum Gasteiger partial charge on any atom is 0.425 e. The predicted octanol–water partition coefficient (Wildman–Crippen LogP) is 0.698. The van der Waals surface area contributed by atoms with Gasteiger partial charge >= 0.3 is 12.1 Å². The van der Waals surface area contributed by atoms with Crippen LogP contribution in [-0.2, 0) is 30.6 Å². The molecule has 4 rings (SSSR count). The van der Waals surface area contributed by atoms with Gasteiger partial charge in [-0.15, -0.1) is 34.8 Å². The number of fused-ring (bicyclic) bond motifs is 1. The standard InChI is InChI=1S/C20H18F3N9O6S3/c1-2-3-31-19(27-29-30-31)41-5-9-4-39-16-12(15(35)32(16)13(9)17(36)37)26-14(34)11(28-38-7-20(21,22)23)10-6-40-18(25-10)24-8-33/h2,6,8,12,16H,1,3-5,7H2,(H,26,34)(H,36,37)(H,24,25,33)/t12?,16-/m1/s1. The molecule has 2 aliphatic heterocycles. The zero-order chi connectivity index (χ0) is 29.7. The van der Waals surface area contributed by atoms with Gasteiger partial charge in [0, 0.05) is 16.9 Å². The van der Waals surface area contributed by atoms with Gasteiger partial charge in [-0.05, 0) is 16.0 Å². The number of aromatic nitrogens is 5. The number of carboxylic acids is 1. The maximum atomic E-state index is 13.0. The van der Waals surface area contributed by atoms with E-state index >= 15 is 0 Å². The van der Waals surface area contributed by atoms with E-state index in [1.165, 1.54) is 33.6 Å². The smallest absolute Gasteiger partial charge is 0.425 e. The Hall–Kier alpha value is -3.98. The number of thioether (sulfide) groups is 2. The number of carboxylic acid groups (broad SMARTS) is 1. The summed E-state index contributed by atoms with van der Waals surface area (Å²) in [5.74, 6) is -2.83. The molecule has 218 valence electrons. The van der Waals surface area contributed by atoms with E-state index in [4.69, 9.17) is 0 Å². The van der Waals surface area contributed by atoms with Crippen molar-refractivity contribution in [3.63, 3.8) is 0 Å². The fourth-order valence-corrected chi connectivity index (χ4v) is 6.59. The summed E-state index contributed by atoms with van der Waals surface area (Å²) in [4.78, 5) is 58.1. The fraction of sp³-hybridized carbons (Fsp3) is 0.350. The van der Waals surface area contributed by atoms with Gasteiger partial charge < -0.3 is 20.6 Å². The molecule has 0 aromatic carbocycles. The van der Waals surface area contributed by atoms with Gasteiger partial charge in [-0.25, -0.2) is 14.5 Å². The molecular weight excluding hydrogens is 615 g/mol. The summed E-state index contributed by atoms with van der Waals surface area (Å²) in [5.41, 5.74) is -0.718. The third kappa shape index (κ3) is 6.85. The molecule has 0 saturated carbocycles. The number of hydrogen-bond donors (Lipinski definition) is 3. The van der Waals surface area contributed by atoms with Crippen molar-refractivity contribution < 1.29 is 42.3 Å². The van der Waals surface area contributed by atoms with Crippen LogP contribution in [-0.4, -0.2) is 101 Å². The molecule has 3 amide bonds. The van der Waals surface area contributed by atoms with E-state index in [2.05, 4.69) is 47.7 Å². The highest BCUT2D eigenvalue weighted by Crippen LogP contribution is 2.41. The summed E-state index contributed by atoms with van der Waals surface area (Å²) in [6, 6.07) is -1.21. The van der Waals surface area contributed by atoms with Crippen molar-refractivity contribution in [3.8, 4) is 0 Å². The predicted molar refractivity (Wildman–Crippen MR) is 139 cm³/mol. The van der Waals surface area contributed by atoms with Crippen LogP contribution in [0.25, 0.3) is 0 Å². The van der Waals surface area contributed by atoms with Crippen LogP contribution in [0.5, 0.6) is 0 Å². The Labute approximate surface area is 240 Å². The molecule has 0 spiro atoms. The lowest BCUT2D eigenvalue weighted by Crippen LogP contribution is -2.71. The highest BCUT2D eigenvalue weighted by molar-refractivity contribution is 8.01. The van der Waals surface area contributed by atoms with Crippen LogP contribution in [0.4, 0.5) is 18.3 Å². The molecule has 4 heterocycles. The van der Waals surface area contributed by atoms with E-state index in [1.54, 1.807) is 6.08 Å². The summed E-state index contributed by atoms with van der Waals surface area (Å²) in [5, 5.41) is 29.9. The van der Waals surface area contributed by atoms with Crippen LogP contribution in [0.1, 0.15) is 5.69 Å². The Morgan fingerprint density at radius 2 is 2.17 bits per heavy atom. The zero-order valence-electron chi connectivity index (χ0n) is 20.4. The topological polar surface area (TPSA) is 194 Å². The number of rotatable bonds is 13. The molecular formula is C20H18F3N9O6S3. The fourth-order valence-electron chi connectivity index (χ4n) is 3.57. The number of halogens is 3. The van der Waals surface area contributed by atoms with Crippen LogP contribution in [0.3, 0.4) is 0 Å². The Balaban J connectivity index is 1.50. The number of aliphatic carboxylic acids is 1. The summed E-state index contributed by atoms with van der Waals surface area (Å²) in [6.07, 6.45) is -2.84. The van der Waals surface area contributed by atoms with Crippen molar-refractivity contribution in [2.45, 2.75) is 29.3 Å². The molecule has 0 aliphatic carbocycles. The van der Waals surface area contributed by atoms with Crippen LogP contribution in [0.2, 0.25) is 0 Å². The number of anilines is 1. The first-order valence-electron chi connectivity index (χ1n) is 11.2. The molecule has 2 aromatic rings. The van der Waals surface area contributed by atoms with Crippen molar-refractivity contribution in [2.75, 3.05) is 23.4 Å². The monoisotopic (exact) mass is 633 g/mol. The number of alkyl halides is 3. The largest absolute Gasteiger partial charge is 0.477 e. The van der Waals surface area contributed by atoms with Crippen molar-refractivity contribution in [2.24, 2.45) is 5.16 Å². The number of β-lactam (4-membered cyclic amide) rings is 1. The SMILES string of the molecule is C=CCn1nnnc1SCC1=C(C(=O)O)N2C(=O)C(NC(=O)C(=NOCC(F)(F)F)c3csc(NC=O)n3)[C@H]2SC1. The molecule has 1 unspecified atom stereocenters. The van der Waals surface area contributed by atoms with E-state index in [0.29, 0.717) is 23.7 Å². The molecule has 15 nitrogen and oxygen atoms in total. The van der Waals surface area contributed by atoms with Crippen LogP contribution < -0.4 is 10.6 Å². The lowest BCUT2D eigenvalue weighted by Gasteiger charge is -2.49. The summed E-state index contributed by atoms with van der Waals surface area (Å²) >= 11 is 3.22. The highest BCUT2D eigenvalue weighted by atomic mass is 32.2. The first kappa shape index (κ1) is 30.0. The number of carbonyl (C=O) groups is 4. The van der Waals surface area contributed by atoms with Gasteiger partial charge in [0.2, 0.25) is 18.2 Å². The molecule has 1 fully saturated rings. The molecule has 3 N–H and O–H groups in total. The first-order chi connectivity index (χ1) is 19.5. The number of tetrazole rings is 1. The lowest BCUT2D eigenvalue weighted by molar-refractivity contribution is -0.174. The van der Waals surface area contributed by atoms with Crippen molar-refractivity contribution in [1.29, 1.82) is 0 Å². The van der Waals surface area contributed by atoms with Crippen molar-refractivity contribution in [1.82, 2.24) is 35.4 Å². The Kier molecular flexibility index (Phi) is 9.28. The second-order valence-corrected chi connectivity index (χ2v) is 10.9. The average molecular weight is 634 g/mol. The molecule has 2 aliphatic rings. The van der Waals surface area contributed by atoms with Crippen LogP contribution in [0, 0.1) is 0 Å². The second kappa shape index (κ2) is 12.7. The normalized spacial score (nSPS) is 18.9. The molecule has 21 heteroatoms. The third-order valence-electron chi connectivity index (χ3n) is 5.24. The molecule has 2 aromatic heterocycles. The molecule has 0 bridgehead atoms. The number of hydrogen-bond acceptors (Lipinski definition) is 13. The minimum atomic E-state index is -4.74. The lowest BCUT2D eigenvalue weighted by atomic mass is 10.0. The average Bonchev–Trinajstić information content (AvgIpc) is 3.57. The minimum Gasteiger partial charge on any atom is -0.477 e. The molecule has 41 heavy (non-hydrogen) atoms. The van der Waals surface area contributed by atoms with Gasteiger partial charge in [-0.2, -0.15) is 13.2 Å². The van der Waals surface area contributed by atoms with E-state index in [1.807, 2.05) is 0 Å². The van der Waals surface area contributed by atoms with Gasteiger partial charge in [0.05, 0.1) is 6.54 Å². The number of allylic oxidation sites excluding steroid dienone is 1. The van der Waals surface area contributed by atoms with Crippen molar-refractivity contribution >= 4 is 69.9 Å². The van der Waals surface area contributed by atoms with Gasteiger partial charge in [0.1, 0.15) is 22.8 Å². The van der Waals surface area contributed by atoms with E-state index in [-0.39, 0.29) is 28.0 Å². The Morgan fingerprint density at radius 3 is 2.85 bits per heavy atom. The molecule has 2 atom stereocenters. The number of amides is 3. The van der Waals surface area contributed by atoms with Crippen molar-refractivity contribution in [3.05, 3.63) is 35.0 Å². The van der Waals surface area contributed by atoms with E-state index in [9.17, 15) is 37.5 Å². The van der Waals surface area contributed by atoms with Gasteiger partial charge in [-0.3, -0.25) is 19.3 Å². The zero-order valence-corrected chi connectivity index (χ0v) is 22.8. The summed E-state index contributed by atoms with van der Waals surface area (Å²) < 4.78 is 39.2. The summed E-state index contributed by atoms with van der Waals surface area (Å²) in [7, 11) is 0. The molecule has 0 radical (unpaired) electrons. The quantitative estimate of drug-likeness (QED) is 0.0699. The molecule has 1 saturated heterocycles. The second-order valence-electron chi connectivity index (χ2n) is 7.97. The van der Waals surface area contributed by atoms with Gasteiger partial charge in [0.15, 0.2) is 10.8 Å². The number of nitrogens with one attached hydrogen (secondary N) is 2. The number of carbonyl (C=O) groups excluding carboxylic acids is 3. The number of thiazole rings is 1. The number of nitrogens with zero attached hydrogens (tertiary/aromatic N) is 7. The van der Waals surface area contributed by atoms with Crippen LogP contribution >= 0.6 is 34.9 Å². The summed E-state index contributed by atoms with van der Waals surface area (Å²) in [6.45, 7) is 2.16. The maximum absolute atomic E-state index is 13.0. The Bertz CT molecular complexity index is 1430. The Morgan fingerprint density at radius 1 is 1.39 bits per heavy atom. The van der Waals surface area contributed by atoms with E-state index < -0.39 is 47.7 Å². The van der Waals surface area contributed by atoms with Gasteiger partial charge in [-0.1, -0.05) is 23.0 Å². The number of oxime groups is 1. The first-order valence-corrected chi connectivity index (χ1v) is 14.1. The highest BCUT2D eigenvalue weighted by Gasteiger charge is 2.54. The van der Waals surface area contributed by atoms with E-state index in [0.717, 1.165) is 16.2 Å². The van der Waals surface area contributed by atoms with Gasteiger partial charge in [0.25, 0.3) is 11.8 Å². The minimum absolute atomic E-state index is 0.0280. The third-order valence-corrected chi connectivity index (χ3v) is 8.40.